The number of nitrogens with one attached hydrogen (secondary N) is 1. The number of hydrogen-bond acceptors (Lipinski definition) is 3. The summed E-state index contributed by atoms with van der Waals surface area (Å²) in [6, 6.07) is 14.3. The summed E-state index contributed by atoms with van der Waals surface area (Å²) in [6.45, 7) is 0.785. The van der Waals surface area contributed by atoms with Gasteiger partial charge in [0, 0.05) is 12.1 Å². The van der Waals surface area contributed by atoms with Crippen LogP contribution in [0.15, 0.2) is 42.5 Å². The zero-order chi connectivity index (χ0) is 13.7. The van der Waals surface area contributed by atoms with Crippen molar-refractivity contribution in [3.05, 3.63) is 48.0 Å². The standard InChI is InChI=1S/C16H19NO2/c1-17-11-14-10-13(6-9-16(14)19-3)12-4-7-15(18-2)8-5-12/h4-10,17H,11H2,1-3H3. The first-order chi connectivity index (χ1) is 9.28. The Balaban J connectivity index is 2.35. The maximum Gasteiger partial charge on any atom is 0.123 e. The molecule has 1 N–H and O–H groups in total. The number of hydrogen-bond donors (Lipinski definition) is 1. The van der Waals surface area contributed by atoms with Crippen LogP contribution in [0.5, 0.6) is 11.5 Å². The molecule has 0 saturated heterocycles. The molecule has 0 aromatic heterocycles. The third kappa shape index (κ3) is 3.06. The van der Waals surface area contributed by atoms with Gasteiger partial charge in [0.1, 0.15) is 11.5 Å². The number of ether oxygens (including phenoxy) is 2. The Labute approximate surface area is 114 Å². The van der Waals surface area contributed by atoms with Crippen LogP contribution < -0.4 is 14.8 Å². The lowest BCUT2D eigenvalue weighted by atomic mass is 10.0. The van der Waals surface area contributed by atoms with Crippen LogP contribution in [0.4, 0.5) is 0 Å². The molecule has 0 amide bonds. The average molecular weight is 257 g/mol. The van der Waals surface area contributed by atoms with Crippen molar-refractivity contribution in [2.75, 3.05) is 21.3 Å². The molecule has 0 aliphatic rings. The van der Waals surface area contributed by atoms with E-state index in [9.17, 15) is 0 Å². The zero-order valence-electron chi connectivity index (χ0n) is 11.6. The minimum Gasteiger partial charge on any atom is -0.497 e. The minimum absolute atomic E-state index is 0.785. The Kier molecular flexibility index (Phi) is 4.42. The second-order valence-electron chi connectivity index (χ2n) is 4.29. The van der Waals surface area contributed by atoms with Crippen molar-refractivity contribution in [1.29, 1.82) is 0 Å². The average Bonchev–Trinajstić information content (AvgIpc) is 2.47. The van der Waals surface area contributed by atoms with Gasteiger partial charge in [0.25, 0.3) is 0 Å². The first-order valence-corrected chi connectivity index (χ1v) is 6.24. The maximum absolute atomic E-state index is 5.37. The van der Waals surface area contributed by atoms with Crippen LogP contribution in [-0.2, 0) is 6.54 Å². The molecule has 0 unspecified atom stereocenters. The topological polar surface area (TPSA) is 30.5 Å². The van der Waals surface area contributed by atoms with E-state index in [-0.39, 0.29) is 0 Å². The molecular weight excluding hydrogens is 238 g/mol. The summed E-state index contributed by atoms with van der Waals surface area (Å²) in [4.78, 5) is 0. The van der Waals surface area contributed by atoms with Crippen LogP contribution in [0.1, 0.15) is 5.56 Å². The van der Waals surface area contributed by atoms with Crippen molar-refractivity contribution >= 4 is 0 Å². The van der Waals surface area contributed by atoms with E-state index in [0.29, 0.717) is 0 Å². The van der Waals surface area contributed by atoms with E-state index in [0.717, 1.165) is 23.6 Å². The van der Waals surface area contributed by atoms with Gasteiger partial charge in [0.2, 0.25) is 0 Å². The molecule has 0 radical (unpaired) electrons. The molecule has 3 heteroatoms. The third-order valence-electron chi connectivity index (χ3n) is 3.07. The Morgan fingerprint density at radius 2 is 1.58 bits per heavy atom. The van der Waals surface area contributed by atoms with Crippen LogP contribution in [0, 0.1) is 0 Å². The minimum atomic E-state index is 0.785. The van der Waals surface area contributed by atoms with Crippen molar-refractivity contribution in [2.45, 2.75) is 6.54 Å². The molecule has 0 bridgehead atoms. The fourth-order valence-corrected chi connectivity index (χ4v) is 2.07. The highest BCUT2D eigenvalue weighted by atomic mass is 16.5. The molecule has 100 valence electrons. The zero-order valence-corrected chi connectivity index (χ0v) is 11.6. The van der Waals surface area contributed by atoms with E-state index >= 15 is 0 Å². The SMILES string of the molecule is CNCc1cc(-c2ccc(OC)cc2)ccc1OC. The Morgan fingerprint density at radius 3 is 2.16 bits per heavy atom. The quantitative estimate of drug-likeness (QED) is 0.893. The smallest absolute Gasteiger partial charge is 0.123 e. The van der Waals surface area contributed by atoms with E-state index in [2.05, 4.69) is 29.6 Å². The molecule has 0 spiro atoms. The van der Waals surface area contributed by atoms with Crippen molar-refractivity contribution < 1.29 is 9.47 Å². The highest BCUT2D eigenvalue weighted by Gasteiger charge is 2.05. The molecule has 0 aliphatic heterocycles. The Hall–Kier alpha value is -2.00. The van der Waals surface area contributed by atoms with E-state index in [1.807, 2.05) is 25.2 Å². The summed E-state index contributed by atoms with van der Waals surface area (Å²) in [5.74, 6) is 1.78. The Bertz CT molecular complexity index is 535. The molecule has 3 nitrogen and oxygen atoms in total. The van der Waals surface area contributed by atoms with Gasteiger partial charge >= 0.3 is 0 Å². The number of benzene rings is 2. The van der Waals surface area contributed by atoms with Gasteiger partial charge in [-0.15, -0.1) is 0 Å². The molecule has 0 atom stereocenters. The van der Waals surface area contributed by atoms with E-state index in [1.54, 1.807) is 14.2 Å². The lowest BCUT2D eigenvalue weighted by Gasteiger charge is -2.11. The van der Waals surface area contributed by atoms with Gasteiger partial charge in [0.05, 0.1) is 14.2 Å². The molecule has 2 aromatic carbocycles. The van der Waals surface area contributed by atoms with Gasteiger partial charge in [-0.1, -0.05) is 18.2 Å². The summed E-state index contributed by atoms with van der Waals surface area (Å²) in [5.41, 5.74) is 3.49. The summed E-state index contributed by atoms with van der Waals surface area (Å²) >= 11 is 0. The van der Waals surface area contributed by atoms with E-state index in [1.165, 1.54) is 11.1 Å². The molecule has 0 heterocycles. The second-order valence-corrected chi connectivity index (χ2v) is 4.29. The van der Waals surface area contributed by atoms with E-state index < -0.39 is 0 Å². The fourth-order valence-electron chi connectivity index (χ4n) is 2.07. The van der Waals surface area contributed by atoms with Crippen molar-refractivity contribution in [3.63, 3.8) is 0 Å². The van der Waals surface area contributed by atoms with Gasteiger partial charge in [-0.3, -0.25) is 0 Å². The van der Waals surface area contributed by atoms with Gasteiger partial charge in [0.15, 0.2) is 0 Å². The molecule has 0 aliphatic carbocycles. The first kappa shape index (κ1) is 13.4. The number of methoxy groups -OCH3 is 2. The largest absolute Gasteiger partial charge is 0.497 e. The van der Waals surface area contributed by atoms with Gasteiger partial charge in [-0.25, -0.2) is 0 Å². The molecule has 0 saturated carbocycles. The van der Waals surface area contributed by atoms with Crippen molar-refractivity contribution in [3.8, 4) is 22.6 Å². The van der Waals surface area contributed by atoms with Crippen LogP contribution >= 0.6 is 0 Å². The van der Waals surface area contributed by atoms with Crippen LogP contribution in [0.3, 0.4) is 0 Å². The lowest BCUT2D eigenvalue weighted by molar-refractivity contribution is 0.408. The molecular formula is C16H19NO2. The third-order valence-corrected chi connectivity index (χ3v) is 3.07. The first-order valence-electron chi connectivity index (χ1n) is 6.24. The van der Waals surface area contributed by atoms with E-state index in [4.69, 9.17) is 9.47 Å². The highest BCUT2D eigenvalue weighted by molar-refractivity contribution is 5.66. The van der Waals surface area contributed by atoms with Crippen LogP contribution in [-0.4, -0.2) is 21.3 Å². The highest BCUT2D eigenvalue weighted by Crippen LogP contribution is 2.27. The van der Waals surface area contributed by atoms with Crippen LogP contribution in [0.2, 0.25) is 0 Å². The van der Waals surface area contributed by atoms with Crippen molar-refractivity contribution in [2.24, 2.45) is 0 Å². The fraction of sp³-hybridized carbons (Fsp3) is 0.250. The van der Waals surface area contributed by atoms with Crippen molar-refractivity contribution in [1.82, 2.24) is 5.32 Å². The lowest BCUT2D eigenvalue weighted by Crippen LogP contribution is -2.06. The van der Waals surface area contributed by atoms with Gasteiger partial charge < -0.3 is 14.8 Å². The molecule has 19 heavy (non-hydrogen) atoms. The summed E-state index contributed by atoms with van der Waals surface area (Å²) in [6.07, 6.45) is 0. The predicted molar refractivity (Wildman–Crippen MR) is 77.7 cm³/mol. The summed E-state index contributed by atoms with van der Waals surface area (Å²) in [5, 5.41) is 3.16. The molecule has 2 aromatic rings. The second kappa shape index (κ2) is 6.25. The monoisotopic (exact) mass is 257 g/mol. The van der Waals surface area contributed by atoms with Gasteiger partial charge in [-0.05, 0) is 42.4 Å². The summed E-state index contributed by atoms with van der Waals surface area (Å²) < 4.78 is 10.5. The Morgan fingerprint density at radius 1 is 0.895 bits per heavy atom. The summed E-state index contributed by atoms with van der Waals surface area (Å²) in [7, 11) is 5.30. The van der Waals surface area contributed by atoms with Crippen LogP contribution in [0.25, 0.3) is 11.1 Å². The predicted octanol–water partition coefficient (Wildman–Crippen LogP) is 3.09. The normalized spacial score (nSPS) is 10.3. The number of rotatable bonds is 5. The maximum atomic E-state index is 5.37. The molecule has 2 rings (SSSR count). The molecule has 0 fully saturated rings. The van der Waals surface area contributed by atoms with Gasteiger partial charge in [-0.2, -0.15) is 0 Å².